The van der Waals surface area contributed by atoms with Gasteiger partial charge in [-0.1, -0.05) is 60.7 Å². The largest absolute Gasteiger partial charge is 0.255 e. The molecule has 0 spiro atoms. The van der Waals surface area contributed by atoms with Crippen molar-refractivity contribution < 1.29 is 0 Å². The Bertz CT molecular complexity index is 1290. The first kappa shape index (κ1) is 20.8. The molecule has 0 amide bonds. The van der Waals surface area contributed by atoms with Crippen LogP contribution in [-0.4, -0.2) is 9.97 Å². The average Bonchev–Trinajstić information content (AvgIpc) is 2.83. The van der Waals surface area contributed by atoms with Gasteiger partial charge >= 0.3 is 0 Å². The van der Waals surface area contributed by atoms with Crippen molar-refractivity contribution in [2.45, 2.75) is 32.6 Å². The van der Waals surface area contributed by atoms with E-state index in [9.17, 15) is 0 Å². The summed E-state index contributed by atoms with van der Waals surface area (Å²) in [6.07, 6.45) is 13.2. The molecule has 0 saturated carbocycles. The third-order valence-electron chi connectivity index (χ3n) is 6.11. The van der Waals surface area contributed by atoms with Crippen molar-refractivity contribution in [1.29, 1.82) is 0 Å². The lowest BCUT2D eigenvalue weighted by atomic mass is 9.90. The quantitative estimate of drug-likeness (QED) is 0.296. The lowest BCUT2D eigenvalue weighted by molar-refractivity contribution is 0.685. The Balaban J connectivity index is 1.49. The number of aromatic nitrogens is 2. The first-order valence-corrected chi connectivity index (χ1v) is 11.9. The van der Waals surface area contributed by atoms with Gasteiger partial charge in [-0.2, -0.15) is 0 Å². The van der Waals surface area contributed by atoms with Crippen LogP contribution in [0.15, 0.2) is 77.5 Å². The van der Waals surface area contributed by atoms with Gasteiger partial charge in [0.05, 0.1) is 11.4 Å². The lowest BCUT2D eigenvalue weighted by Crippen LogP contribution is -2.02. The molecule has 0 N–H and O–H groups in total. The number of halogens is 1. The molecule has 158 valence electrons. The normalized spacial score (nSPS) is 13.3. The minimum atomic E-state index is 0.942. The zero-order valence-electron chi connectivity index (χ0n) is 18.2. The van der Waals surface area contributed by atoms with Crippen molar-refractivity contribution in [3.8, 4) is 22.5 Å². The van der Waals surface area contributed by atoms with Crippen LogP contribution in [0.4, 0.5) is 0 Å². The van der Waals surface area contributed by atoms with Crippen LogP contribution >= 0.6 is 15.9 Å². The van der Waals surface area contributed by atoms with E-state index in [2.05, 4.69) is 77.5 Å². The van der Waals surface area contributed by atoms with Crippen LogP contribution in [0.5, 0.6) is 0 Å². The summed E-state index contributed by atoms with van der Waals surface area (Å²) in [5, 5.41) is 0. The Morgan fingerprint density at radius 2 is 1.53 bits per heavy atom. The standard InChI is InChI=1S/C29H25BrN2/c1-20-15-26(18-31-28(20)23-8-3-2-4-9-23)29-25(17-27(30)19-32-29)14-12-21-11-13-22-7-5-6-10-24(22)16-21/h2-4,8-9,11-19H,5-7,10H2,1H3/b14-12+. The first-order valence-electron chi connectivity index (χ1n) is 11.2. The molecule has 32 heavy (non-hydrogen) atoms. The second-order valence-electron chi connectivity index (χ2n) is 8.42. The highest BCUT2D eigenvalue weighted by Gasteiger charge is 2.11. The fourth-order valence-electron chi connectivity index (χ4n) is 4.47. The Morgan fingerprint density at radius 3 is 2.34 bits per heavy atom. The molecule has 5 rings (SSSR count). The van der Waals surface area contributed by atoms with Crippen LogP contribution < -0.4 is 0 Å². The Kier molecular flexibility index (Phi) is 6.00. The highest BCUT2D eigenvalue weighted by molar-refractivity contribution is 9.10. The van der Waals surface area contributed by atoms with Gasteiger partial charge in [-0.3, -0.25) is 9.97 Å². The van der Waals surface area contributed by atoms with Crippen LogP contribution in [0.25, 0.3) is 34.7 Å². The number of rotatable bonds is 4. The zero-order valence-corrected chi connectivity index (χ0v) is 19.8. The fourth-order valence-corrected chi connectivity index (χ4v) is 4.82. The summed E-state index contributed by atoms with van der Waals surface area (Å²) in [5.41, 5.74) is 10.6. The Morgan fingerprint density at radius 1 is 0.750 bits per heavy atom. The van der Waals surface area contributed by atoms with Crippen molar-refractivity contribution in [3.63, 3.8) is 0 Å². The predicted octanol–water partition coefficient (Wildman–Crippen LogP) is 7.93. The highest BCUT2D eigenvalue weighted by atomic mass is 79.9. The molecular formula is C29H25BrN2. The number of nitrogens with zero attached hydrogens (tertiary/aromatic N) is 2. The van der Waals surface area contributed by atoms with Crippen LogP contribution in [0.1, 0.15) is 40.7 Å². The van der Waals surface area contributed by atoms with Crippen molar-refractivity contribution in [2.24, 2.45) is 0 Å². The molecule has 2 aromatic carbocycles. The summed E-state index contributed by atoms with van der Waals surface area (Å²) in [7, 11) is 0. The second-order valence-corrected chi connectivity index (χ2v) is 9.33. The van der Waals surface area contributed by atoms with Gasteiger partial charge in [0.1, 0.15) is 0 Å². The van der Waals surface area contributed by atoms with E-state index < -0.39 is 0 Å². The number of benzene rings is 2. The van der Waals surface area contributed by atoms with Gasteiger partial charge in [-0.25, -0.2) is 0 Å². The predicted molar refractivity (Wildman–Crippen MR) is 137 cm³/mol. The number of hydrogen-bond acceptors (Lipinski definition) is 2. The zero-order chi connectivity index (χ0) is 21.9. The van der Waals surface area contributed by atoms with Gasteiger partial charge in [0.2, 0.25) is 0 Å². The van der Waals surface area contributed by atoms with E-state index in [1.807, 2.05) is 30.6 Å². The maximum absolute atomic E-state index is 4.78. The Labute approximate surface area is 198 Å². The maximum Gasteiger partial charge on any atom is 0.0790 e. The minimum absolute atomic E-state index is 0.942. The van der Waals surface area contributed by atoms with E-state index in [4.69, 9.17) is 9.97 Å². The summed E-state index contributed by atoms with van der Waals surface area (Å²) < 4.78 is 0.969. The number of pyridine rings is 2. The summed E-state index contributed by atoms with van der Waals surface area (Å²) in [6, 6.07) is 21.5. The summed E-state index contributed by atoms with van der Waals surface area (Å²) in [6.45, 7) is 2.11. The summed E-state index contributed by atoms with van der Waals surface area (Å²) >= 11 is 3.59. The first-order chi connectivity index (χ1) is 15.7. The molecule has 1 aliphatic rings. The van der Waals surface area contributed by atoms with E-state index in [1.54, 1.807) is 0 Å². The van der Waals surface area contributed by atoms with Crippen molar-refractivity contribution in [2.75, 3.05) is 0 Å². The minimum Gasteiger partial charge on any atom is -0.255 e. The molecule has 0 atom stereocenters. The molecule has 0 saturated heterocycles. The van der Waals surface area contributed by atoms with E-state index in [0.29, 0.717) is 0 Å². The van der Waals surface area contributed by atoms with Gasteiger partial charge in [-0.15, -0.1) is 0 Å². The van der Waals surface area contributed by atoms with Crippen LogP contribution in [0.2, 0.25) is 0 Å². The molecule has 0 bridgehead atoms. The number of aryl methyl sites for hydroxylation is 3. The smallest absolute Gasteiger partial charge is 0.0790 e. The van der Waals surface area contributed by atoms with Crippen molar-refractivity contribution in [3.05, 3.63) is 105 Å². The molecule has 0 aliphatic heterocycles. The molecule has 3 heteroatoms. The van der Waals surface area contributed by atoms with Gasteiger partial charge in [0.15, 0.2) is 0 Å². The third-order valence-corrected chi connectivity index (χ3v) is 6.54. The molecule has 1 aliphatic carbocycles. The van der Waals surface area contributed by atoms with Gasteiger partial charge < -0.3 is 0 Å². The topological polar surface area (TPSA) is 25.8 Å². The van der Waals surface area contributed by atoms with E-state index in [-0.39, 0.29) is 0 Å². The van der Waals surface area contributed by atoms with E-state index >= 15 is 0 Å². The maximum atomic E-state index is 4.78. The molecular weight excluding hydrogens is 456 g/mol. The molecule has 0 fully saturated rings. The molecule has 0 radical (unpaired) electrons. The molecule has 4 aromatic rings. The van der Waals surface area contributed by atoms with Gasteiger partial charge in [0, 0.05) is 33.6 Å². The summed E-state index contributed by atoms with van der Waals surface area (Å²) in [4.78, 5) is 9.52. The SMILES string of the molecule is Cc1cc(-c2ncc(Br)cc2/C=C/c2ccc3c(c2)CCCC3)cnc1-c1ccccc1. The Hall–Kier alpha value is -3.04. The average molecular weight is 481 g/mol. The van der Waals surface area contributed by atoms with Crippen LogP contribution in [0, 0.1) is 6.92 Å². The molecule has 2 aromatic heterocycles. The summed E-state index contributed by atoms with van der Waals surface area (Å²) in [5.74, 6) is 0. The second kappa shape index (κ2) is 9.22. The highest BCUT2D eigenvalue weighted by Crippen LogP contribution is 2.30. The lowest BCUT2D eigenvalue weighted by Gasteiger charge is -2.15. The third kappa shape index (κ3) is 4.44. The van der Waals surface area contributed by atoms with Gasteiger partial charge in [0.25, 0.3) is 0 Å². The van der Waals surface area contributed by atoms with Gasteiger partial charge in [-0.05, 0) is 82.9 Å². The monoisotopic (exact) mass is 480 g/mol. The molecule has 2 heterocycles. The fraction of sp³-hybridized carbons (Fsp3) is 0.172. The van der Waals surface area contributed by atoms with Crippen molar-refractivity contribution in [1.82, 2.24) is 9.97 Å². The van der Waals surface area contributed by atoms with Crippen LogP contribution in [-0.2, 0) is 12.8 Å². The van der Waals surface area contributed by atoms with E-state index in [1.165, 1.54) is 42.4 Å². The number of fused-ring (bicyclic) bond motifs is 1. The van der Waals surface area contributed by atoms with Crippen molar-refractivity contribution >= 4 is 28.1 Å². The number of hydrogen-bond donors (Lipinski definition) is 0. The van der Waals surface area contributed by atoms with E-state index in [0.717, 1.165) is 38.1 Å². The molecule has 2 nitrogen and oxygen atoms in total. The van der Waals surface area contributed by atoms with Crippen LogP contribution in [0.3, 0.4) is 0 Å². The molecule has 0 unspecified atom stereocenters.